The Balaban J connectivity index is 2.17. The number of esters is 1. The summed E-state index contributed by atoms with van der Waals surface area (Å²) in [6.07, 6.45) is 1.27. The zero-order chi connectivity index (χ0) is 25.9. The highest BCUT2D eigenvalue weighted by Crippen LogP contribution is 2.46. The molecule has 1 saturated carbocycles. The van der Waals surface area contributed by atoms with Gasteiger partial charge < -0.3 is 14.8 Å². The molecule has 9 nitrogen and oxygen atoms in total. The van der Waals surface area contributed by atoms with Gasteiger partial charge in [-0.05, 0) is 73.3 Å². The van der Waals surface area contributed by atoms with Crippen LogP contribution in [0.1, 0.15) is 53.5 Å². The SMILES string of the molecule is CSC(=NC[C@@H]1C[C@@]1(NC(=O)OC(C)(C)C)C(=O)OC(C)(C)C)NS(=O)(=O)c1ccc(C)cc1. The van der Waals surface area contributed by atoms with Gasteiger partial charge >= 0.3 is 12.1 Å². The molecule has 34 heavy (non-hydrogen) atoms. The number of amidine groups is 1. The highest BCUT2D eigenvalue weighted by molar-refractivity contribution is 8.14. The van der Waals surface area contributed by atoms with E-state index in [2.05, 4.69) is 15.0 Å². The van der Waals surface area contributed by atoms with Crippen molar-refractivity contribution < 1.29 is 27.5 Å². The number of alkyl carbamates (subject to hydrolysis) is 1. The van der Waals surface area contributed by atoms with Crippen LogP contribution >= 0.6 is 11.8 Å². The van der Waals surface area contributed by atoms with E-state index in [1.54, 1.807) is 59.9 Å². The quantitative estimate of drug-likeness (QED) is 0.338. The third kappa shape index (κ3) is 7.90. The summed E-state index contributed by atoms with van der Waals surface area (Å²) in [6.45, 7) is 12.4. The molecule has 1 aromatic rings. The maximum Gasteiger partial charge on any atom is 0.408 e. The standard InChI is InChI=1S/C23H35N3O6S2/c1-15-9-11-17(12-10-15)34(29,30)26-19(33-8)24-14-16-13-23(16,18(27)31-21(2,3)4)25-20(28)32-22(5,6)7/h9-12,16H,13-14H2,1-8H3,(H,24,26)(H,25,28)/t16-,23-/m0/s1. The Morgan fingerprint density at radius 2 is 1.65 bits per heavy atom. The third-order valence-electron chi connectivity index (χ3n) is 4.79. The van der Waals surface area contributed by atoms with Crippen molar-refractivity contribution >= 4 is 39.0 Å². The monoisotopic (exact) mass is 513 g/mol. The number of carbonyl (C=O) groups is 2. The van der Waals surface area contributed by atoms with Crippen molar-refractivity contribution in [3.8, 4) is 0 Å². The summed E-state index contributed by atoms with van der Waals surface area (Å²) in [4.78, 5) is 29.9. The lowest BCUT2D eigenvalue weighted by Gasteiger charge is -2.27. The Labute approximate surface area is 206 Å². The Morgan fingerprint density at radius 1 is 1.09 bits per heavy atom. The van der Waals surface area contributed by atoms with Crippen LogP contribution in [0, 0.1) is 12.8 Å². The number of hydrogen-bond donors (Lipinski definition) is 2. The third-order valence-corrected chi connectivity index (χ3v) is 6.90. The van der Waals surface area contributed by atoms with Crippen molar-refractivity contribution in [2.75, 3.05) is 12.8 Å². The maximum absolute atomic E-state index is 13.0. The first-order valence-electron chi connectivity index (χ1n) is 10.9. The van der Waals surface area contributed by atoms with Gasteiger partial charge in [0.1, 0.15) is 16.7 Å². The van der Waals surface area contributed by atoms with Gasteiger partial charge in [-0.2, -0.15) is 0 Å². The largest absolute Gasteiger partial charge is 0.458 e. The van der Waals surface area contributed by atoms with E-state index < -0.39 is 38.8 Å². The summed E-state index contributed by atoms with van der Waals surface area (Å²) in [5.74, 6) is -0.946. The highest BCUT2D eigenvalue weighted by atomic mass is 32.2. The summed E-state index contributed by atoms with van der Waals surface area (Å²) < 4.78 is 38.7. The number of amides is 1. The molecular formula is C23H35N3O6S2. The molecule has 1 aliphatic carbocycles. The average molecular weight is 514 g/mol. The molecule has 0 bridgehead atoms. The second-order valence-electron chi connectivity index (χ2n) is 10.3. The normalized spacial score (nSPS) is 20.9. The molecule has 1 aliphatic rings. The fourth-order valence-electron chi connectivity index (χ4n) is 3.08. The number of rotatable bonds is 6. The van der Waals surface area contributed by atoms with E-state index >= 15 is 0 Å². The molecular weight excluding hydrogens is 478 g/mol. The van der Waals surface area contributed by atoms with Crippen LogP contribution in [-0.4, -0.2) is 55.2 Å². The second-order valence-corrected chi connectivity index (χ2v) is 12.7. The number of carbonyl (C=O) groups excluding carboxylic acids is 2. The van der Waals surface area contributed by atoms with Crippen LogP contribution in [0.4, 0.5) is 4.79 Å². The lowest BCUT2D eigenvalue weighted by atomic mass is 10.1. The predicted octanol–water partition coefficient (Wildman–Crippen LogP) is 3.62. The summed E-state index contributed by atoms with van der Waals surface area (Å²) in [5.41, 5.74) is -1.81. The number of aryl methyl sites for hydroxylation is 1. The molecule has 0 aliphatic heterocycles. The van der Waals surface area contributed by atoms with Crippen molar-refractivity contribution in [3.63, 3.8) is 0 Å². The molecule has 0 aromatic heterocycles. The summed E-state index contributed by atoms with van der Waals surface area (Å²) in [6, 6.07) is 6.47. The molecule has 1 fully saturated rings. The first-order valence-corrected chi connectivity index (χ1v) is 13.6. The van der Waals surface area contributed by atoms with Crippen molar-refractivity contribution in [1.82, 2.24) is 10.0 Å². The minimum atomic E-state index is -3.81. The second kappa shape index (κ2) is 10.2. The zero-order valence-corrected chi connectivity index (χ0v) is 22.6. The molecule has 0 heterocycles. The van der Waals surface area contributed by atoms with Gasteiger partial charge in [0, 0.05) is 12.5 Å². The zero-order valence-electron chi connectivity index (χ0n) is 21.0. The van der Waals surface area contributed by atoms with E-state index in [1.165, 1.54) is 12.1 Å². The first-order chi connectivity index (χ1) is 15.5. The number of sulfonamides is 1. The van der Waals surface area contributed by atoms with E-state index in [9.17, 15) is 18.0 Å². The fourth-order valence-corrected chi connectivity index (χ4v) is 4.85. The lowest BCUT2D eigenvalue weighted by molar-refractivity contribution is -0.159. The van der Waals surface area contributed by atoms with E-state index in [1.807, 2.05) is 6.92 Å². The minimum absolute atomic E-state index is 0.113. The van der Waals surface area contributed by atoms with Crippen LogP contribution in [0.15, 0.2) is 34.2 Å². The number of ether oxygens (including phenoxy) is 2. The lowest BCUT2D eigenvalue weighted by Crippen LogP contribution is -2.49. The highest BCUT2D eigenvalue weighted by Gasteiger charge is 2.63. The number of nitrogens with zero attached hydrogens (tertiary/aromatic N) is 1. The van der Waals surface area contributed by atoms with Crippen LogP contribution < -0.4 is 10.0 Å². The molecule has 0 radical (unpaired) electrons. The fraction of sp³-hybridized carbons (Fsp3) is 0.609. The summed E-state index contributed by atoms with van der Waals surface area (Å²) in [7, 11) is -3.81. The van der Waals surface area contributed by atoms with Crippen molar-refractivity contribution in [2.24, 2.45) is 10.9 Å². The molecule has 2 rings (SSSR count). The van der Waals surface area contributed by atoms with Gasteiger partial charge in [-0.15, -0.1) is 0 Å². The van der Waals surface area contributed by atoms with Gasteiger partial charge in [-0.1, -0.05) is 29.5 Å². The van der Waals surface area contributed by atoms with Gasteiger partial charge in [0.25, 0.3) is 10.0 Å². The predicted molar refractivity (Wildman–Crippen MR) is 133 cm³/mol. The van der Waals surface area contributed by atoms with Crippen molar-refractivity contribution in [2.45, 2.75) is 76.5 Å². The molecule has 0 unspecified atom stereocenters. The molecule has 1 amide bonds. The molecule has 11 heteroatoms. The Kier molecular flexibility index (Phi) is 8.35. The molecule has 190 valence electrons. The molecule has 0 spiro atoms. The van der Waals surface area contributed by atoms with Crippen LogP contribution in [-0.2, 0) is 24.3 Å². The van der Waals surface area contributed by atoms with Crippen LogP contribution in [0.2, 0.25) is 0 Å². The van der Waals surface area contributed by atoms with E-state index in [4.69, 9.17) is 9.47 Å². The smallest absolute Gasteiger partial charge is 0.408 e. The molecule has 0 saturated heterocycles. The Morgan fingerprint density at radius 3 is 2.15 bits per heavy atom. The van der Waals surface area contributed by atoms with Gasteiger partial charge in [-0.3, -0.25) is 9.71 Å². The molecule has 2 atom stereocenters. The number of thioether (sulfide) groups is 1. The van der Waals surface area contributed by atoms with Crippen LogP contribution in [0.3, 0.4) is 0 Å². The van der Waals surface area contributed by atoms with E-state index in [-0.39, 0.29) is 22.5 Å². The van der Waals surface area contributed by atoms with Crippen LogP contribution in [0.5, 0.6) is 0 Å². The van der Waals surface area contributed by atoms with E-state index in [0.717, 1.165) is 17.3 Å². The summed E-state index contributed by atoms with van der Waals surface area (Å²) >= 11 is 1.14. The van der Waals surface area contributed by atoms with Crippen molar-refractivity contribution in [3.05, 3.63) is 29.8 Å². The number of benzene rings is 1. The first kappa shape index (κ1) is 28.0. The average Bonchev–Trinajstić information content (AvgIpc) is 3.36. The van der Waals surface area contributed by atoms with E-state index in [0.29, 0.717) is 6.42 Å². The number of hydrogen-bond acceptors (Lipinski definition) is 8. The maximum atomic E-state index is 13.0. The Bertz CT molecular complexity index is 1040. The van der Waals surface area contributed by atoms with Gasteiger partial charge in [0.15, 0.2) is 5.17 Å². The Hall–Kier alpha value is -2.27. The van der Waals surface area contributed by atoms with Crippen molar-refractivity contribution in [1.29, 1.82) is 0 Å². The topological polar surface area (TPSA) is 123 Å². The van der Waals surface area contributed by atoms with Crippen LogP contribution in [0.25, 0.3) is 0 Å². The summed E-state index contributed by atoms with van der Waals surface area (Å²) in [5, 5.41) is 2.85. The minimum Gasteiger partial charge on any atom is -0.458 e. The van der Waals surface area contributed by atoms with Gasteiger partial charge in [0.05, 0.1) is 4.90 Å². The molecule has 2 N–H and O–H groups in total. The van der Waals surface area contributed by atoms with Gasteiger partial charge in [0.2, 0.25) is 0 Å². The number of nitrogens with one attached hydrogen (secondary N) is 2. The molecule has 1 aromatic carbocycles. The van der Waals surface area contributed by atoms with Gasteiger partial charge in [-0.25, -0.2) is 18.0 Å². The number of aliphatic imine (C=N–C) groups is 1.